The van der Waals surface area contributed by atoms with Crippen LogP contribution in [0.4, 0.5) is 10.1 Å². The van der Waals surface area contributed by atoms with E-state index in [1.54, 1.807) is 47.2 Å². The lowest BCUT2D eigenvalue weighted by atomic mass is 10.2. The van der Waals surface area contributed by atoms with Crippen molar-refractivity contribution in [3.63, 3.8) is 0 Å². The first kappa shape index (κ1) is 17.9. The second-order valence-corrected chi connectivity index (χ2v) is 6.44. The molecule has 8 heteroatoms. The van der Waals surface area contributed by atoms with Gasteiger partial charge in [0.25, 0.3) is 5.89 Å². The Kier molecular flexibility index (Phi) is 4.90. The van der Waals surface area contributed by atoms with Crippen molar-refractivity contribution in [1.29, 1.82) is 0 Å². The molecule has 0 saturated carbocycles. The predicted octanol–water partition coefficient (Wildman–Crippen LogP) is 4.64. The minimum Gasteiger partial charge on any atom is -0.334 e. The Bertz CT molecular complexity index is 1100. The molecule has 0 atom stereocenters. The minimum absolute atomic E-state index is 0.0400. The number of hydrogen-bond acceptors (Lipinski definition) is 4. The van der Waals surface area contributed by atoms with Crippen LogP contribution in [0.1, 0.15) is 0 Å². The number of nitrogens with one attached hydrogen (secondary N) is 1. The molecule has 0 bridgehead atoms. The van der Waals surface area contributed by atoms with Crippen LogP contribution in [0.25, 0.3) is 23.0 Å². The van der Waals surface area contributed by atoms with Gasteiger partial charge in [-0.05, 0) is 60.7 Å². The number of carbonyl (C=O) groups excluding carboxylic acids is 1. The van der Waals surface area contributed by atoms with E-state index in [9.17, 15) is 9.18 Å². The second kappa shape index (κ2) is 7.66. The van der Waals surface area contributed by atoms with E-state index < -0.39 is 0 Å². The molecule has 0 unspecified atom stereocenters. The van der Waals surface area contributed by atoms with Gasteiger partial charge in [0.05, 0.1) is 0 Å². The van der Waals surface area contributed by atoms with Crippen molar-refractivity contribution < 1.29 is 13.7 Å². The third-order valence-corrected chi connectivity index (χ3v) is 4.27. The van der Waals surface area contributed by atoms with Crippen LogP contribution in [0.2, 0.25) is 5.02 Å². The summed E-state index contributed by atoms with van der Waals surface area (Å²) in [6, 6.07) is 16.2. The Morgan fingerprint density at radius 1 is 1.11 bits per heavy atom. The Morgan fingerprint density at radius 2 is 1.86 bits per heavy atom. The van der Waals surface area contributed by atoms with Gasteiger partial charge in [0.1, 0.15) is 18.1 Å². The molecular formula is C20H14ClFN4O2. The van der Waals surface area contributed by atoms with Crippen molar-refractivity contribution >= 4 is 23.2 Å². The predicted molar refractivity (Wildman–Crippen MR) is 103 cm³/mol. The van der Waals surface area contributed by atoms with Gasteiger partial charge < -0.3 is 14.4 Å². The fraction of sp³-hybridized carbons (Fsp3) is 0.0500. The van der Waals surface area contributed by atoms with E-state index >= 15 is 0 Å². The first-order valence-electron chi connectivity index (χ1n) is 8.39. The summed E-state index contributed by atoms with van der Waals surface area (Å²) >= 11 is 5.90. The number of halogens is 2. The largest absolute Gasteiger partial charge is 0.334 e. The molecule has 0 aliphatic heterocycles. The number of hydrogen-bond donors (Lipinski definition) is 1. The molecular weight excluding hydrogens is 383 g/mol. The van der Waals surface area contributed by atoms with E-state index in [1.807, 2.05) is 0 Å². The maximum absolute atomic E-state index is 13.0. The molecule has 2 aromatic carbocycles. The Morgan fingerprint density at radius 3 is 2.61 bits per heavy atom. The average molecular weight is 397 g/mol. The van der Waals surface area contributed by atoms with Gasteiger partial charge in [-0.3, -0.25) is 4.79 Å². The maximum Gasteiger partial charge on any atom is 0.274 e. The summed E-state index contributed by atoms with van der Waals surface area (Å²) in [7, 11) is 0. The zero-order valence-corrected chi connectivity index (χ0v) is 15.2. The smallest absolute Gasteiger partial charge is 0.274 e. The quantitative estimate of drug-likeness (QED) is 0.533. The maximum atomic E-state index is 13.0. The van der Waals surface area contributed by atoms with Crippen molar-refractivity contribution in [2.24, 2.45) is 0 Å². The van der Waals surface area contributed by atoms with Gasteiger partial charge >= 0.3 is 0 Å². The molecule has 140 valence electrons. The van der Waals surface area contributed by atoms with Gasteiger partial charge in [0.15, 0.2) is 0 Å². The van der Waals surface area contributed by atoms with Crippen LogP contribution in [0.5, 0.6) is 0 Å². The number of rotatable bonds is 5. The topological polar surface area (TPSA) is 73.0 Å². The minimum atomic E-state index is -0.362. The highest BCUT2D eigenvalue weighted by Gasteiger charge is 2.15. The molecule has 1 N–H and O–H groups in total. The number of benzene rings is 2. The average Bonchev–Trinajstić information content (AvgIpc) is 3.33. The summed E-state index contributed by atoms with van der Waals surface area (Å²) in [6.07, 6.45) is 1.74. The van der Waals surface area contributed by atoms with Gasteiger partial charge in [-0.15, -0.1) is 0 Å². The van der Waals surface area contributed by atoms with Crippen LogP contribution < -0.4 is 5.32 Å². The van der Waals surface area contributed by atoms with Crippen molar-refractivity contribution in [2.75, 3.05) is 5.32 Å². The summed E-state index contributed by atoms with van der Waals surface area (Å²) in [5.74, 6) is 0.0970. The highest BCUT2D eigenvalue weighted by molar-refractivity contribution is 6.30. The Hall–Kier alpha value is -3.45. The Balaban J connectivity index is 1.50. The Labute approximate surface area is 164 Å². The first-order valence-corrected chi connectivity index (χ1v) is 8.77. The number of aromatic nitrogens is 3. The van der Waals surface area contributed by atoms with Gasteiger partial charge in [-0.25, -0.2) is 4.39 Å². The molecule has 0 radical (unpaired) electrons. The number of amides is 1. The van der Waals surface area contributed by atoms with Gasteiger partial charge in [0, 0.05) is 22.5 Å². The molecule has 0 spiro atoms. The summed E-state index contributed by atoms with van der Waals surface area (Å²) < 4.78 is 20.0. The summed E-state index contributed by atoms with van der Waals surface area (Å²) in [5.41, 5.74) is 1.90. The normalized spacial score (nSPS) is 10.8. The molecule has 0 saturated heterocycles. The molecule has 6 nitrogen and oxygen atoms in total. The monoisotopic (exact) mass is 396 g/mol. The van der Waals surface area contributed by atoms with Crippen LogP contribution in [-0.4, -0.2) is 20.6 Å². The molecule has 4 aromatic rings. The van der Waals surface area contributed by atoms with E-state index in [0.717, 1.165) is 5.56 Å². The van der Waals surface area contributed by atoms with E-state index in [-0.39, 0.29) is 18.3 Å². The lowest BCUT2D eigenvalue weighted by Gasteiger charge is -2.08. The number of carbonyl (C=O) groups is 1. The third-order valence-electron chi connectivity index (χ3n) is 4.02. The summed E-state index contributed by atoms with van der Waals surface area (Å²) in [6.45, 7) is 0.0400. The molecule has 2 aromatic heterocycles. The van der Waals surface area contributed by atoms with Crippen LogP contribution in [0, 0.1) is 5.82 Å². The van der Waals surface area contributed by atoms with Gasteiger partial charge in [0.2, 0.25) is 11.7 Å². The highest BCUT2D eigenvalue weighted by Crippen LogP contribution is 2.24. The van der Waals surface area contributed by atoms with Gasteiger partial charge in [-0.1, -0.05) is 16.8 Å². The summed E-state index contributed by atoms with van der Waals surface area (Å²) in [4.78, 5) is 16.7. The summed E-state index contributed by atoms with van der Waals surface area (Å²) in [5, 5.41) is 7.33. The second-order valence-electron chi connectivity index (χ2n) is 6.01. The van der Waals surface area contributed by atoms with E-state index in [4.69, 9.17) is 16.1 Å². The van der Waals surface area contributed by atoms with Crippen LogP contribution in [0.15, 0.2) is 71.4 Å². The lowest BCUT2D eigenvalue weighted by molar-refractivity contribution is -0.116. The fourth-order valence-electron chi connectivity index (χ4n) is 2.68. The molecule has 28 heavy (non-hydrogen) atoms. The molecule has 0 fully saturated rings. The first-order chi connectivity index (χ1) is 13.6. The number of nitrogens with zero attached hydrogens (tertiary/aromatic N) is 3. The van der Waals surface area contributed by atoms with E-state index in [0.29, 0.717) is 28.1 Å². The standard InChI is InChI=1S/C20H14ClFN4O2/c21-14-5-3-13(4-6-14)19-24-20(28-25-19)17-2-1-11-26(17)12-18(27)23-16-9-7-15(22)8-10-16/h1-11H,12H2,(H,23,27). The van der Waals surface area contributed by atoms with Crippen molar-refractivity contribution in [3.8, 4) is 23.0 Å². The van der Waals surface area contributed by atoms with E-state index in [2.05, 4.69) is 15.5 Å². The zero-order chi connectivity index (χ0) is 19.5. The van der Waals surface area contributed by atoms with Crippen LogP contribution >= 0.6 is 11.6 Å². The third kappa shape index (κ3) is 3.94. The van der Waals surface area contributed by atoms with E-state index in [1.165, 1.54) is 24.3 Å². The molecule has 1 amide bonds. The number of anilines is 1. The van der Waals surface area contributed by atoms with Gasteiger partial charge in [-0.2, -0.15) is 4.98 Å². The van der Waals surface area contributed by atoms with Crippen LogP contribution in [-0.2, 0) is 11.3 Å². The molecule has 2 heterocycles. The van der Waals surface area contributed by atoms with Crippen molar-refractivity contribution in [2.45, 2.75) is 6.54 Å². The molecule has 0 aliphatic rings. The lowest BCUT2D eigenvalue weighted by Crippen LogP contribution is -2.18. The van der Waals surface area contributed by atoms with Crippen LogP contribution in [0.3, 0.4) is 0 Å². The van der Waals surface area contributed by atoms with Crippen molar-refractivity contribution in [1.82, 2.24) is 14.7 Å². The molecule has 0 aliphatic carbocycles. The highest BCUT2D eigenvalue weighted by atomic mass is 35.5. The SMILES string of the molecule is O=C(Cn1cccc1-c1nc(-c2ccc(Cl)cc2)no1)Nc1ccc(F)cc1. The fourth-order valence-corrected chi connectivity index (χ4v) is 2.80. The van der Waals surface area contributed by atoms with Crippen molar-refractivity contribution in [3.05, 3.63) is 77.7 Å². The molecule has 4 rings (SSSR count). The zero-order valence-electron chi connectivity index (χ0n) is 14.5.